The Morgan fingerprint density at radius 1 is 1.05 bits per heavy atom. The lowest BCUT2D eigenvalue weighted by Crippen LogP contribution is -2.55. The molecule has 1 heterocycles. The zero-order valence-electron chi connectivity index (χ0n) is 14.4. The molecule has 0 radical (unpaired) electrons. The maximum absolute atomic E-state index is 3.61. The number of likely N-dealkylation sites (N-methyl/N-ethyl adjacent to an activating group) is 1. The average molecular weight is 281 g/mol. The van der Waals surface area contributed by atoms with Gasteiger partial charge >= 0.3 is 0 Å². The SMILES string of the molecule is CCC1CCN(C2CC(C(C)(C)C)CCC2NC)CC1. The second kappa shape index (κ2) is 6.79. The van der Waals surface area contributed by atoms with Crippen molar-refractivity contribution in [2.24, 2.45) is 17.3 Å². The number of piperidine rings is 1. The predicted octanol–water partition coefficient (Wildman–Crippen LogP) is 3.91. The van der Waals surface area contributed by atoms with E-state index in [1.54, 1.807) is 0 Å². The molecule has 1 aliphatic carbocycles. The third-order valence-corrected chi connectivity index (χ3v) is 6.11. The second-order valence-electron chi connectivity index (χ2n) is 8.23. The summed E-state index contributed by atoms with van der Waals surface area (Å²) < 4.78 is 0. The first kappa shape index (κ1) is 16.3. The van der Waals surface area contributed by atoms with Crippen LogP contribution in [0.25, 0.3) is 0 Å². The largest absolute Gasteiger partial charge is 0.315 e. The molecule has 0 bridgehead atoms. The van der Waals surface area contributed by atoms with Gasteiger partial charge in [0, 0.05) is 12.1 Å². The molecule has 1 saturated heterocycles. The molecule has 0 spiro atoms. The van der Waals surface area contributed by atoms with Crippen molar-refractivity contribution >= 4 is 0 Å². The number of likely N-dealkylation sites (tertiary alicyclic amines) is 1. The Hall–Kier alpha value is -0.0800. The third kappa shape index (κ3) is 3.76. The Balaban J connectivity index is 1.99. The van der Waals surface area contributed by atoms with Crippen molar-refractivity contribution in [1.82, 2.24) is 10.2 Å². The monoisotopic (exact) mass is 280 g/mol. The summed E-state index contributed by atoms with van der Waals surface area (Å²) in [5.74, 6) is 1.88. The molecule has 2 heteroatoms. The third-order valence-electron chi connectivity index (χ3n) is 6.11. The van der Waals surface area contributed by atoms with Crippen LogP contribution in [0, 0.1) is 17.3 Å². The van der Waals surface area contributed by atoms with Gasteiger partial charge in [-0.1, -0.05) is 34.1 Å². The van der Waals surface area contributed by atoms with Crippen molar-refractivity contribution in [3.8, 4) is 0 Å². The maximum atomic E-state index is 3.61. The molecular weight excluding hydrogens is 244 g/mol. The molecule has 1 aliphatic heterocycles. The summed E-state index contributed by atoms with van der Waals surface area (Å²) in [5.41, 5.74) is 0.471. The Bertz CT molecular complexity index is 286. The van der Waals surface area contributed by atoms with Crippen LogP contribution in [0.3, 0.4) is 0 Å². The lowest BCUT2D eigenvalue weighted by Gasteiger charge is -2.48. The van der Waals surface area contributed by atoms with E-state index in [1.807, 2.05) is 0 Å². The van der Waals surface area contributed by atoms with Crippen molar-refractivity contribution in [2.75, 3.05) is 20.1 Å². The summed E-state index contributed by atoms with van der Waals surface area (Å²) in [6.07, 6.45) is 8.37. The maximum Gasteiger partial charge on any atom is 0.0252 e. The number of nitrogens with zero attached hydrogens (tertiary/aromatic N) is 1. The van der Waals surface area contributed by atoms with Gasteiger partial charge in [0.25, 0.3) is 0 Å². The van der Waals surface area contributed by atoms with Crippen molar-refractivity contribution in [3.63, 3.8) is 0 Å². The van der Waals surface area contributed by atoms with Crippen LogP contribution < -0.4 is 5.32 Å². The molecule has 1 saturated carbocycles. The summed E-state index contributed by atoms with van der Waals surface area (Å²) in [6, 6.07) is 1.49. The van der Waals surface area contributed by atoms with Crippen LogP contribution in [0.1, 0.15) is 66.2 Å². The summed E-state index contributed by atoms with van der Waals surface area (Å²) in [4.78, 5) is 2.81. The van der Waals surface area contributed by atoms with Crippen LogP contribution in [0.15, 0.2) is 0 Å². The molecule has 0 aromatic carbocycles. The Kier molecular flexibility index (Phi) is 5.53. The zero-order valence-corrected chi connectivity index (χ0v) is 14.4. The van der Waals surface area contributed by atoms with Gasteiger partial charge in [0.1, 0.15) is 0 Å². The average Bonchev–Trinajstić information content (AvgIpc) is 2.45. The number of nitrogens with one attached hydrogen (secondary N) is 1. The number of hydrogen-bond acceptors (Lipinski definition) is 2. The summed E-state index contributed by atoms with van der Waals surface area (Å²) in [7, 11) is 2.16. The highest BCUT2D eigenvalue weighted by Gasteiger charge is 2.38. The van der Waals surface area contributed by atoms with E-state index >= 15 is 0 Å². The highest BCUT2D eigenvalue weighted by Crippen LogP contribution is 2.40. The van der Waals surface area contributed by atoms with E-state index < -0.39 is 0 Å². The van der Waals surface area contributed by atoms with Gasteiger partial charge in [0.15, 0.2) is 0 Å². The van der Waals surface area contributed by atoms with E-state index in [9.17, 15) is 0 Å². The molecule has 118 valence electrons. The van der Waals surface area contributed by atoms with Gasteiger partial charge in [-0.05, 0) is 69.5 Å². The van der Waals surface area contributed by atoms with Crippen molar-refractivity contribution < 1.29 is 0 Å². The highest BCUT2D eigenvalue weighted by atomic mass is 15.2. The van der Waals surface area contributed by atoms with E-state index in [0.29, 0.717) is 11.5 Å². The minimum atomic E-state index is 0.471. The van der Waals surface area contributed by atoms with Crippen LogP contribution in [0.4, 0.5) is 0 Å². The molecule has 0 aromatic rings. The van der Waals surface area contributed by atoms with E-state index in [4.69, 9.17) is 0 Å². The van der Waals surface area contributed by atoms with Crippen LogP contribution in [-0.4, -0.2) is 37.1 Å². The van der Waals surface area contributed by atoms with Gasteiger partial charge in [0.2, 0.25) is 0 Å². The quantitative estimate of drug-likeness (QED) is 0.843. The normalized spacial score (nSPS) is 34.4. The van der Waals surface area contributed by atoms with Gasteiger partial charge in [0.05, 0.1) is 0 Å². The van der Waals surface area contributed by atoms with E-state index in [1.165, 1.54) is 51.6 Å². The van der Waals surface area contributed by atoms with E-state index in [2.05, 4.69) is 45.0 Å². The van der Waals surface area contributed by atoms with Gasteiger partial charge in [-0.15, -0.1) is 0 Å². The Morgan fingerprint density at radius 2 is 1.70 bits per heavy atom. The minimum absolute atomic E-state index is 0.471. The van der Waals surface area contributed by atoms with E-state index in [-0.39, 0.29) is 0 Å². The van der Waals surface area contributed by atoms with Crippen LogP contribution in [0.5, 0.6) is 0 Å². The second-order valence-corrected chi connectivity index (χ2v) is 8.23. The molecule has 3 unspecified atom stereocenters. The van der Waals surface area contributed by atoms with Gasteiger partial charge < -0.3 is 5.32 Å². The molecular formula is C18H36N2. The highest BCUT2D eigenvalue weighted by molar-refractivity contribution is 4.94. The van der Waals surface area contributed by atoms with Gasteiger partial charge in [-0.25, -0.2) is 0 Å². The van der Waals surface area contributed by atoms with Gasteiger partial charge in [-0.2, -0.15) is 0 Å². The molecule has 2 nitrogen and oxygen atoms in total. The van der Waals surface area contributed by atoms with Crippen molar-refractivity contribution in [3.05, 3.63) is 0 Å². The first-order valence-corrected chi connectivity index (χ1v) is 8.87. The summed E-state index contributed by atoms with van der Waals surface area (Å²) in [5, 5.41) is 3.61. The summed E-state index contributed by atoms with van der Waals surface area (Å²) in [6.45, 7) is 12.3. The molecule has 2 rings (SSSR count). The van der Waals surface area contributed by atoms with Crippen molar-refractivity contribution in [2.45, 2.75) is 78.3 Å². The summed E-state index contributed by atoms with van der Waals surface area (Å²) >= 11 is 0. The molecule has 20 heavy (non-hydrogen) atoms. The Labute approximate surface area is 126 Å². The predicted molar refractivity (Wildman–Crippen MR) is 88.0 cm³/mol. The molecule has 0 amide bonds. The van der Waals surface area contributed by atoms with Crippen LogP contribution in [0.2, 0.25) is 0 Å². The van der Waals surface area contributed by atoms with E-state index in [0.717, 1.165) is 17.9 Å². The van der Waals surface area contributed by atoms with Gasteiger partial charge in [-0.3, -0.25) is 4.90 Å². The molecule has 2 aliphatic rings. The minimum Gasteiger partial charge on any atom is -0.315 e. The Morgan fingerprint density at radius 3 is 2.20 bits per heavy atom. The topological polar surface area (TPSA) is 15.3 Å². The lowest BCUT2D eigenvalue weighted by molar-refractivity contribution is 0.0393. The fourth-order valence-electron chi connectivity index (χ4n) is 4.37. The zero-order chi connectivity index (χ0) is 14.8. The number of rotatable bonds is 3. The smallest absolute Gasteiger partial charge is 0.0252 e. The fourth-order valence-corrected chi connectivity index (χ4v) is 4.37. The van der Waals surface area contributed by atoms with Crippen LogP contribution in [-0.2, 0) is 0 Å². The van der Waals surface area contributed by atoms with Crippen LogP contribution >= 0.6 is 0 Å². The standard InChI is InChI=1S/C18H36N2/c1-6-14-9-11-20(12-10-14)17-13-15(18(2,3)4)7-8-16(17)19-5/h14-17,19H,6-13H2,1-5H3. The molecule has 3 atom stereocenters. The first-order chi connectivity index (χ1) is 9.45. The molecule has 1 N–H and O–H groups in total. The fraction of sp³-hybridized carbons (Fsp3) is 1.00. The molecule has 2 fully saturated rings. The molecule has 0 aromatic heterocycles. The first-order valence-electron chi connectivity index (χ1n) is 8.87. The van der Waals surface area contributed by atoms with Crippen molar-refractivity contribution in [1.29, 1.82) is 0 Å². The number of hydrogen-bond donors (Lipinski definition) is 1. The lowest BCUT2D eigenvalue weighted by atomic mass is 9.69.